The van der Waals surface area contributed by atoms with Gasteiger partial charge >= 0.3 is 11.9 Å². The highest BCUT2D eigenvalue weighted by Gasteiger charge is 2.10. The van der Waals surface area contributed by atoms with Crippen molar-refractivity contribution in [1.82, 2.24) is 0 Å². The van der Waals surface area contributed by atoms with Crippen molar-refractivity contribution in [2.75, 3.05) is 79.3 Å². The molecule has 0 saturated carbocycles. The van der Waals surface area contributed by atoms with Crippen LogP contribution in [-0.2, 0) is 38.0 Å². The van der Waals surface area contributed by atoms with Gasteiger partial charge in [0, 0.05) is 22.9 Å². The topological polar surface area (TPSA) is 108 Å². The SMILES string of the molecule is C=CC(=O)OCCOCCOCCOc1cccc2c(OCCOCCOCCOC(=O)C=C)c(C)ccc12. The maximum absolute atomic E-state index is 10.9. The number of carbonyl (C=O) groups excluding carboxylic acids is 2. The first-order valence-corrected chi connectivity index (χ1v) is 12.7. The Hall–Kier alpha value is -3.44. The molecular formula is C29H38O10. The van der Waals surface area contributed by atoms with E-state index in [0.717, 1.165) is 40.0 Å². The molecule has 0 N–H and O–H groups in total. The van der Waals surface area contributed by atoms with Gasteiger partial charge in [-0.15, -0.1) is 0 Å². The van der Waals surface area contributed by atoms with Crippen LogP contribution >= 0.6 is 0 Å². The molecule has 0 bridgehead atoms. The van der Waals surface area contributed by atoms with Crippen molar-refractivity contribution in [3.8, 4) is 11.5 Å². The number of hydrogen-bond donors (Lipinski definition) is 0. The molecule has 0 heterocycles. The van der Waals surface area contributed by atoms with Gasteiger partial charge in [0.2, 0.25) is 0 Å². The minimum atomic E-state index is -0.468. The standard InChI is InChI=1S/C29H38O10/c1-4-27(30)37-20-16-33-12-11-32-15-19-36-26-8-6-7-25-24(26)10-9-23(3)29(25)39-22-18-35-14-13-34-17-21-38-28(31)5-2/h4-10H,1-2,11-22H2,3H3. The fourth-order valence-electron chi connectivity index (χ4n) is 3.31. The van der Waals surface area contributed by atoms with Crippen LogP contribution in [0.2, 0.25) is 0 Å². The van der Waals surface area contributed by atoms with E-state index in [-0.39, 0.29) is 13.2 Å². The van der Waals surface area contributed by atoms with E-state index in [0.29, 0.717) is 66.1 Å². The fourth-order valence-corrected chi connectivity index (χ4v) is 3.31. The predicted molar refractivity (Wildman–Crippen MR) is 145 cm³/mol. The lowest BCUT2D eigenvalue weighted by Crippen LogP contribution is -2.14. The van der Waals surface area contributed by atoms with Crippen molar-refractivity contribution in [2.24, 2.45) is 0 Å². The number of ether oxygens (including phenoxy) is 8. The summed E-state index contributed by atoms with van der Waals surface area (Å²) in [4.78, 5) is 21.9. The monoisotopic (exact) mass is 546 g/mol. The zero-order chi connectivity index (χ0) is 28.1. The van der Waals surface area contributed by atoms with E-state index in [1.807, 2.05) is 37.3 Å². The second kappa shape index (κ2) is 19.6. The Kier molecular flexibility index (Phi) is 16.0. The summed E-state index contributed by atoms with van der Waals surface area (Å²) < 4.78 is 43.4. The maximum Gasteiger partial charge on any atom is 0.330 e. The van der Waals surface area contributed by atoms with Gasteiger partial charge < -0.3 is 37.9 Å². The van der Waals surface area contributed by atoms with Crippen molar-refractivity contribution < 1.29 is 47.5 Å². The third-order valence-electron chi connectivity index (χ3n) is 5.15. The van der Waals surface area contributed by atoms with Crippen molar-refractivity contribution >= 4 is 22.7 Å². The Bertz CT molecular complexity index is 1040. The summed E-state index contributed by atoms with van der Waals surface area (Å²) in [7, 11) is 0. The van der Waals surface area contributed by atoms with E-state index >= 15 is 0 Å². The molecule has 0 amide bonds. The number of benzene rings is 2. The summed E-state index contributed by atoms with van der Waals surface area (Å²) in [6, 6.07) is 9.85. The second-order valence-electron chi connectivity index (χ2n) is 7.95. The van der Waals surface area contributed by atoms with Crippen molar-refractivity contribution in [3.63, 3.8) is 0 Å². The van der Waals surface area contributed by atoms with Gasteiger partial charge in [-0.25, -0.2) is 9.59 Å². The number of aryl methyl sites for hydroxylation is 1. The average molecular weight is 547 g/mol. The van der Waals surface area contributed by atoms with Crippen LogP contribution in [0.4, 0.5) is 0 Å². The summed E-state index contributed by atoms with van der Waals surface area (Å²) in [6.45, 7) is 12.8. The lowest BCUT2D eigenvalue weighted by Gasteiger charge is -2.15. The molecule has 0 aliphatic rings. The van der Waals surface area contributed by atoms with Gasteiger partial charge in [-0.3, -0.25) is 0 Å². The Labute approximate surface area is 229 Å². The van der Waals surface area contributed by atoms with E-state index in [1.165, 1.54) is 0 Å². The van der Waals surface area contributed by atoms with Crippen LogP contribution in [0.25, 0.3) is 10.8 Å². The number of carbonyl (C=O) groups is 2. The number of esters is 2. The van der Waals surface area contributed by atoms with Gasteiger partial charge in [-0.05, 0) is 18.6 Å². The predicted octanol–water partition coefficient (Wildman–Crippen LogP) is 3.43. The van der Waals surface area contributed by atoms with Crippen LogP contribution in [-0.4, -0.2) is 91.2 Å². The summed E-state index contributed by atoms with van der Waals surface area (Å²) in [5, 5.41) is 1.90. The van der Waals surface area contributed by atoms with E-state index in [2.05, 4.69) is 13.2 Å². The Morgan fingerprint density at radius 1 is 0.615 bits per heavy atom. The quantitative estimate of drug-likeness (QED) is 0.124. The van der Waals surface area contributed by atoms with E-state index < -0.39 is 11.9 Å². The number of hydrogen-bond acceptors (Lipinski definition) is 10. The molecule has 2 aromatic rings. The second-order valence-corrected chi connectivity index (χ2v) is 7.95. The van der Waals surface area contributed by atoms with Gasteiger partial charge in [0.25, 0.3) is 0 Å². The lowest BCUT2D eigenvalue weighted by molar-refractivity contribution is -0.140. The van der Waals surface area contributed by atoms with Crippen LogP contribution < -0.4 is 9.47 Å². The molecule has 0 radical (unpaired) electrons. The van der Waals surface area contributed by atoms with Crippen molar-refractivity contribution in [2.45, 2.75) is 6.92 Å². The minimum absolute atomic E-state index is 0.181. The third kappa shape index (κ3) is 12.8. The van der Waals surface area contributed by atoms with Crippen molar-refractivity contribution in [1.29, 1.82) is 0 Å². The number of fused-ring (bicyclic) bond motifs is 1. The van der Waals surface area contributed by atoms with Crippen LogP contribution in [0.5, 0.6) is 11.5 Å². The average Bonchev–Trinajstić information content (AvgIpc) is 2.95. The Morgan fingerprint density at radius 3 is 1.64 bits per heavy atom. The summed E-state index contributed by atoms with van der Waals surface area (Å²) in [5.41, 5.74) is 1.01. The van der Waals surface area contributed by atoms with E-state index in [9.17, 15) is 9.59 Å². The third-order valence-corrected chi connectivity index (χ3v) is 5.15. The molecule has 0 aromatic heterocycles. The highest BCUT2D eigenvalue weighted by Crippen LogP contribution is 2.34. The fraction of sp³-hybridized carbons (Fsp3) is 0.448. The molecule has 0 spiro atoms. The molecule has 10 nitrogen and oxygen atoms in total. The minimum Gasteiger partial charge on any atom is -0.491 e. The molecule has 0 aliphatic heterocycles. The van der Waals surface area contributed by atoms with Gasteiger partial charge in [0.05, 0.1) is 52.9 Å². The van der Waals surface area contributed by atoms with Gasteiger partial charge in [0.1, 0.15) is 37.9 Å². The highest BCUT2D eigenvalue weighted by molar-refractivity contribution is 5.94. The largest absolute Gasteiger partial charge is 0.491 e. The van der Waals surface area contributed by atoms with Gasteiger partial charge in [0.15, 0.2) is 0 Å². The van der Waals surface area contributed by atoms with E-state index in [1.54, 1.807) is 0 Å². The molecule has 0 saturated heterocycles. The number of rotatable bonds is 22. The molecule has 214 valence electrons. The highest BCUT2D eigenvalue weighted by atomic mass is 16.6. The Morgan fingerprint density at radius 2 is 1.10 bits per heavy atom. The summed E-state index contributed by atoms with van der Waals surface area (Å²) >= 11 is 0. The zero-order valence-electron chi connectivity index (χ0n) is 22.5. The molecule has 2 rings (SSSR count). The molecule has 0 aliphatic carbocycles. The maximum atomic E-state index is 10.9. The molecule has 2 aromatic carbocycles. The molecule has 0 fully saturated rings. The zero-order valence-corrected chi connectivity index (χ0v) is 22.5. The first kappa shape index (κ1) is 31.8. The first-order chi connectivity index (χ1) is 19.1. The lowest BCUT2D eigenvalue weighted by atomic mass is 10.1. The van der Waals surface area contributed by atoms with Crippen LogP contribution in [0.15, 0.2) is 55.6 Å². The van der Waals surface area contributed by atoms with Crippen molar-refractivity contribution in [3.05, 3.63) is 61.2 Å². The smallest absolute Gasteiger partial charge is 0.330 e. The normalized spacial score (nSPS) is 10.7. The van der Waals surface area contributed by atoms with Crippen LogP contribution in [0.1, 0.15) is 5.56 Å². The van der Waals surface area contributed by atoms with Crippen LogP contribution in [0.3, 0.4) is 0 Å². The van der Waals surface area contributed by atoms with Gasteiger partial charge in [-0.2, -0.15) is 0 Å². The summed E-state index contributed by atoms with van der Waals surface area (Å²) in [5.74, 6) is 0.593. The molecular weight excluding hydrogens is 508 g/mol. The van der Waals surface area contributed by atoms with Gasteiger partial charge in [-0.1, -0.05) is 37.4 Å². The molecule has 10 heteroatoms. The summed E-state index contributed by atoms with van der Waals surface area (Å²) in [6.07, 6.45) is 2.22. The van der Waals surface area contributed by atoms with Crippen LogP contribution in [0, 0.1) is 6.92 Å². The Balaban J connectivity index is 1.66. The molecule has 0 atom stereocenters. The molecule has 0 unspecified atom stereocenters. The van der Waals surface area contributed by atoms with E-state index in [4.69, 9.17) is 37.9 Å². The molecule has 39 heavy (non-hydrogen) atoms. The first-order valence-electron chi connectivity index (χ1n) is 12.7.